The van der Waals surface area contributed by atoms with Crippen LogP contribution in [0.1, 0.15) is 32.2 Å². The predicted octanol–water partition coefficient (Wildman–Crippen LogP) is 2.11. The third-order valence-corrected chi connectivity index (χ3v) is 4.71. The molecular weight excluding hydrogens is 298 g/mol. The quantitative estimate of drug-likeness (QED) is 0.740. The summed E-state index contributed by atoms with van der Waals surface area (Å²) in [5.41, 5.74) is 0. The van der Waals surface area contributed by atoms with E-state index >= 15 is 0 Å². The van der Waals surface area contributed by atoms with Crippen LogP contribution in [0.2, 0.25) is 0 Å². The Balaban J connectivity index is 2.47. The maximum Gasteiger partial charge on any atom is 0.315 e. The van der Waals surface area contributed by atoms with Crippen LogP contribution in [-0.4, -0.2) is 39.7 Å². The molecule has 1 aromatic heterocycles. The minimum absolute atomic E-state index is 0.152. The second-order valence-corrected chi connectivity index (χ2v) is 6.11. The molecule has 0 saturated carbocycles. The molecule has 0 saturated heterocycles. The maximum atomic E-state index is 12.1. The van der Waals surface area contributed by atoms with Crippen molar-refractivity contribution in [1.29, 1.82) is 0 Å². The third-order valence-electron chi connectivity index (χ3n) is 2.37. The maximum absolute atomic E-state index is 12.1. The van der Waals surface area contributed by atoms with E-state index in [2.05, 4.69) is 15.5 Å². The molecule has 1 rings (SSSR count). The Morgan fingerprint density at radius 3 is 2.65 bits per heavy atom. The third kappa shape index (κ3) is 5.46. The van der Waals surface area contributed by atoms with Crippen molar-refractivity contribution in [2.45, 2.75) is 38.9 Å². The summed E-state index contributed by atoms with van der Waals surface area (Å²) >= 11 is 2.65. The van der Waals surface area contributed by atoms with E-state index in [1.807, 2.05) is 13.8 Å². The van der Waals surface area contributed by atoms with Gasteiger partial charge in [-0.25, -0.2) is 0 Å². The Morgan fingerprint density at radius 1 is 1.35 bits per heavy atom. The zero-order valence-corrected chi connectivity index (χ0v) is 13.5. The van der Waals surface area contributed by atoms with Crippen LogP contribution < -0.4 is 5.32 Å². The van der Waals surface area contributed by atoms with E-state index in [9.17, 15) is 9.59 Å². The molecule has 0 spiro atoms. The van der Waals surface area contributed by atoms with E-state index in [-0.39, 0.29) is 22.9 Å². The second-order valence-electron chi connectivity index (χ2n) is 3.86. The smallest absolute Gasteiger partial charge is 0.315 e. The Morgan fingerprint density at radius 2 is 2.10 bits per heavy atom. The summed E-state index contributed by atoms with van der Waals surface area (Å²) in [6.07, 6.45) is 1.43. The molecule has 0 aliphatic carbocycles. The zero-order chi connectivity index (χ0) is 15.0. The molecular formula is C12H19N3O3S2. The van der Waals surface area contributed by atoms with Crippen LogP contribution in [0, 0.1) is 0 Å². The van der Waals surface area contributed by atoms with E-state index < -0.39 is 0 Å². The number of nitrogens with zero attached hydrogens (tertiary/aromatic N) is 2. The summed E-state index contributed by atoms with van der Waals surface area (Å²) < 4.78 is 4.84. The number of hydrogen-bond donors (Lipinski definition) is 1. The first kappa shape index (κ1) is 16.9. The Labute approximate surface area is 126 Å². The van der Waals surface area contributed by atoms with Crippen molar-refractivity contribution in [1.82, 2.24) is 10.2 Å². The molecule has 112 valence electrons. The van der Waals surface area contributed by atoms with E-state index in [0.29, 0.717) is 18.2 Å². The van der Waals surface area contributed by atoms with E-state index in [0.717, 1.165) is 11.4 Å². The molecule has 1 aromatic rings. The van der Waals surface area contributed by atoms with E-state index in [1.54, 1.807) is 6.92 Å². The van der Waals surface area contributed by atoms with Crippen molar-refractivity contribution in [3.63, 3.8) is 0 Å². The van der Waals surface area contributed by atoms with Crippen LogP contribution in [0.4, 0.5) is 5.13 Å². The molecule has 1 N–H and O–H groups in total. The van der Waals surface area contributed by atoms with Gasteiger partial charge in [0.25, 0.3) is 0 Å². The first-order chi connectivity index (χ1) is 9.60. The van der Waals surface area contributed by atoms with Gasteiger partial charge in [0.2, 0.25) is 11.0 Å². The number of esters is 1. The number of nitrogens with one attached hydrogen (secondary N) is 1. The van der Waals surface area contributed by atoms with Gasteiger partial charge in [0, 0.05) is 0 Å². The van der Waals surface area contributed by atoms with Gasteiger partial charge >= 0.3 is 5.97 Å². The van der Waals surface area contributed by atoms with Crippen LogP contribution in [0.3, 0.4) is 0 Å². The molecule has 6 nitrogen and oxygen atoms in total. The number of amides is 1. The largest absolute Gasteiger partial charge is 0.465 e. The zero-order valence-electron chi connectivity index (χ0n) is 11.8. The van der Waals surface area contributed by atoms with Crippen LogP contribution in [0.5, 0.6) is 0 Å². The predicted molar refractivity (Wildman–Crippen MR) is 81.1 cm³/mol. The Kier molecular flexibility index (Phi) is 7.53. The van der Waals surface area contributed by atoms with Crippen LogP contribution in [0.25, 0.3) is 0 Å². The Bertz CT molecular complexity index is 451. The number of anilines is 1. The number of aryl methyl sites for hydroxylation is 1. The van der Waals surface area contributed by atoms with Gasteiger partial charge in [-0.3, -0.25) is 14.9 Å². The van der Waals surface area contributed by atoms with Gasteiger partial charge in [0.05, 0.1) is 17.6 Å². The standard InChI is InChI=1S/C12H19N3O3S2/c1-4-8(19-7-10(16)18-6-3)11(17)13-12-15-14-9(5-2)20-12/h8H,4-7H2,1-3H3,(H,13,15,17)/t8-/m1/s1. The minimum Gasteiger partial charge on any atom is -0.465 e. The highest BCUT2D eigenvalue weighted by Crippen LogP contribution is 2.20. The molecule has 20 heavy (non-hydrogen) atoms. The highest BCUT2D eigenvalue weighted by atomic mass is 32.2. The van der Waals surface area contributed by atoms with Crippen molar-refractivity contribution < 1.29 is 14.3 Å². The number of carbonyl (C=O) groups is 2. The number of rotatable bonds is 8. The number of hydrogen-bond acceptors (Lipinski definition) is 7. The molecule has 1 amide bonds. The monoisotopic (exact) mass is 317 g/mol. The molecule has 0 radical (unpaired) electrons. The molecule has 8 heteroatoms. The summed E-state index contributed by atoms with van der Waals surface area (Å²) in [7, 11) is 0. The average Bonchev–Trinajstić information content (AvgIpc) is 2.87. The number of aromatic nitrogens is 2. The molecule has 1 heterocycles. The SMILES string of the molecule is CCOC(=O)CS[C@H](CC)C(=O)Nc1nnc(CC)s1. The second kappa shape index (κ2) is 8.91. The minimum atomic E-state index is -0.298. The highest BCUT2D eigenvalue weighted by molar-refractivity contribution is 8.01. The van der Waals surface area contributed by atoms with E-state index in [4.69, 9.17) is 4.74 Å². The van der Waals surface area contributed by atoms with Gasteiger partial charge in [-0.1, -0.05) is 25.2 Å². The molecule has 0 aliphatic heterocycles. The first-order valence-electron chi connectivity index (χ1n) is 6.51. The van der Waals surface area contributed by atoms with Gasteiger partial charge < -0.3 is 4.74 Å². The normalized spacial score (nSPS) is 11.9. The average molecular weight is 317 g/mol. The van der Waals surface area contributed by atoms with Gasteiger partial charge in [-0.2, -0.15) is 0 Å². The summed E-state index contributed by atoms with van der Waals surface area (Å²) in [5, 5.41) is 11.7. The molecule has 1 atom stereocenters. The van der Waals surface area contributed by atoms with Crippen LogP contribution >= 0.6 is 23.1 Å². The van der Waals surface area contributed by atoms with Gasteiger partial charge in [0.1, 0.15) is 5.01 Å². The number of thioether (sulfide) groups is 1. The van der Waals surface area contributed by atoms with Gasteiger partial charge in [-0.05, 0) is 19.8 Å². The topological polar surface area (TPSA) is 81.2 Å². The molecule has 0 aliphatic rings. The number of carbonyl (C=O) groups excluding carboxylic acids is 2. The van der Waals surface area contributed by atoms with Crippen molar-refractivity contribution in [3.05, 3.63) is 5.01 Å². The van der Waals surface area contributed by atoms with Crippen molar-refractivity contribution >= 4 is 40.1 Å². The lowest BCUT2D eigenvalue weighted by atomic mass is 10.3. The number of ether oxygens (including phenoxy) is 1. The van der Waals surface area contributed by atoms with Gasteiger partial charge in [0.15, 0.2) is 0 Å². The van der Waals surface area contributed by atoms with Crippen LogP contribution in [-0.2, 0) is 20.7 Å². The van der Waals surface area contributed by atoms with Gasteiger partial charge in [-0.15, -0.1) is 22.0 Å². The fourth-order valence-electron chi connectivity index (χ4n) is 1.38. The molecule has 0 unspecified atom stereocenters. The molecule has 0 bridgehead atoms. The summed E-state index contributed by atoms with van der Waals surface area (Å²) in [6, 6.07) is 0. The lowest BCUT2D eigenvalue weighted by Gasteiger charge is -2.12. The summed E-state index contributed by atoms with van der Waals surface area (Å²) in [6.45, 7) is 6.00. The lowest BCUT2D eigenvalue weighted by Crippen LogP contribution is -2.26. The fourth-order valence-corrected chi connectivity index (χ4v) is 2.93. The first-order valence-corrected chi connectivity index (χ1v) is 8.37. The van der Waals surface area contributed by atoms with E-state index in [1.165, 1.54) is 23.1 Å². The van der Waals surface area contributed by atoms with Crippen molar-refractivity contribution in [3.8, 4) is 0 Å². The Hall–Kier alpha value is -1.15. The van der Waals surface area contributed by atoms with Crippen LogP contribution in [0.15, 0.2) is 0 Å². The molecule has 0 fully saturated rings. The molecule has 0 aromatic carbocycles. The van der Waals surface area contributed by atoms with Crippen molar-refractivity contribution in [2.24, 2.45) is 0 Å². The summed E-state index contributed by atoms with van der Waals surface area (Å²) in [5.74, 6) is -0.274. The van der Waals surface area contributed by atoms with Crippen molar-refractivity contribution in [2.75, 3.05) is 17.7 Å². The highest BCUT2D eigenvalue weighted by Gasteiger charge is 2.20. The summed E-state index contributed by atoms with van der Waals surface area (Å²) in [4.78, 5) is 23.4. The lowest BCUT2D eigenvalue weighted by molar-refractivity contribution is -0.139. The fraction of sp³-hybridized carbons (Fsp3) is 0.667.